The molecule has 0 bridgehead atoms. The van der Waals surface area contributed by atoms with Crippen LogP contribution < -0.4 is 0 Å². The summed E-state index contributed by atoms with van der Waals surface area (Å²) in [5, 5.41) is 0. The normalized spacial score (nSPS) is 12.2. The third-order valence-electron chi connectivity index (χ3n) is 1.000. The maximum absolute atomic E-state index is 11.6. The van der Waals surface area contributed by atoms with E-state index in [-0.39, 0.29) is 12.5 Å². The molecule has 2 nitrogen and oxygen atoms in total. The van der Waals surface area contributed by atoms with Gasteiger partial charge in [-0.1, -0.05) is 6.58 Å². The molecule has 0 aliphatic carbocycles. The molecule has 0 aliphatic rings. The highest BCUT2D eigenvalue weighted by molar-refractivity contribution is 5.81. The van der Waals surface area contributed by atoms with E-state index in [9.17, 15) is 9.18 Å². The zero-order valence-corrected chi connectivity index (χ0v) is 5.97. The Morgan fingerprint density at radius 2 is 2.50 bits per heavy atom. The van der Waals surface area contributed by atoms with Crippen LogP contribution in [-0.4, -0.2) is 18.7 Å². The van der Waals surface area contributed by atoms with Gasteiger partial charge in [0.25, 0.3) is 0 Å². The van der Waals surface area contributed by atoms with Crippen LogP contribution in [0, 0.1) is 0 Å². The SMILES string of the molecule is C=CC(=O)OC(C)CCF. The number of alkyl halides is 1. The predicted molar refractivity (Wildman–Crippen MR) is 36.3 cm³/mol. The molecule has 1 unspecified atom stereocenters. The summed E-state index contributed by atoms with van der Waals surface area (Å²) in [6.07, 6.45) is 0.962. The fraction of sp³-hybridized carbons (Fsp3) is 0.571. The number of halogens is 1. The van der Waals surface area contributed by atoms with Crippen LogP contribution in [0.5, 0.6) is 0 Å². The first-order valence-electron chi connectivity index (χ1n) is 3.09. The van der Waals surface area contributed by atoms with Gasteiger partial charge in [-0.3, -0.25) is 4.39 Å². The Hall–Kier alpha value is -0.860. The van der Waals surface area contributed by atoms with Crippen molar-refractivity contribution >= 4 is 5.97 Å². The monoisotopic (exact) mass is 146 g/mol. The minimum atomic E-state index is -0.499. The molecular formula is C7H11FO2. The summed E-state index contributed by atoms with van der Waals surface area (Å²) in [5.74, 6) is -0.499. The van der Waals surface area contributed by atoms with Crippen molar-refractivity contribution in [2.24, 2.45) is 0 Å². The molecule has 0 aromatic carbocycles. The van der Waals surface area contributed by atoms with Crippen LogP contribution in [0.2, 0.25) is 0 Å². The van der Waals surface area contributed by atoms with E-state index >= 15 is 0 Å². The second-order valence-corrected chi connectivity index (χ2v) is 1.93. The van der Waals surface area contributed by atoms with Crippen LogP contribution in [0.3, 0.4) is 0 Å². The highest BCUT2D eigenvalue weighted by atomic mass is 19.1. The first-order chi connectivity index (χ1) is 4.70. The van der Waals surface area contributed by atoms with Crippen LogP contribution in [0.1, 0.15) is 13.3 Å². The van der Waals surface area contributed by atoms with Gasteiger partial charge in [-0.05, 0) is 6.92 Å². The number of ether oxygens (including phenoxy) is 1. The smallest absolute Gasteiger partial charge is 0.330 e. The Bertz CT molecular complexity index is 123. The molecule has 0 saturated heterocycles. The molecule has 58 valence electrons. The van der Waals surface area contributed by atoms with Gasteiger partial charge in [0.1, 0.15) is 6.10 Å². The van der Waals surface area contributed by atoms with Crippen LogP contribution in [0.25, 0.3) is 0 Å². The maximum atomic E-state index is 11.6. The molecule has 0 fully saturated rings. The number of carbonyl (C=O) groups is 1. The molecule has 0 amide bonds. The summed E-state index contributed by atoms with van der Waals surface area (Å²) >= 11 is 0. The topological polar surface area (TPSA) is 26.3 Å². The second-order valence-electron chi connectivity index (χ2n) is 1.93. The number of carbonyl (C=O) groups excluding carboxylic acids is 1. The number of rotatable bonds is 4. The highest BCUT2D eigenvalue weighted by Crippen LogP contribution is 1.97. The van der Waals surface area contributed by atoms with Crippen molar-refractivity contribution in [1.82, 2.24) is 0 Å². The molecule has 0 radical (unpaired) electrons. The summed E-state index contributed by atoms with van der Waals surface area (Å²) in [5.41, 5.74) is 0. The van der Waals surface area contributed by atoms with Crippen molar-refractivity contribution < 1.29 is 13.9 Å². The van der Waals surface area contributed by atoms with E-state index in [1.165, 1.54) is 0 Å². The third kappa shape index (κ3) is 4.06. The number of hydrogen-bond donors (Lipinski definition) is 0. The first kappa shape index (κ1) is 9.14. The van der Waals surface area contributed by atoms with Gasteiger partial charge in [-0.2, -0.15) is 0 Å². The molecule has 0 spiro atoms. The molecule has 3 heteroatoms. The highest BCUT2D eigenvalue weighted by Gasteiger charge is 2.04. The standard InChI is InChI=1S/C7H11FO2/c1-3-7(9)10-6(2)4-5-8/h3,6H,1,4-5H2,2H3. The minimum absolute atomic E-state index is 0.250. The number of esters is 1. The van der Waals surface area contributed by atoms with Gasteiger partial charge in [0.2, 0.25) is 0 Å². The van der Waals surface area contributed by atoms with E-state index in [1.807, 2.05) is 0 Å². The van der Waals surface area contributed by atoms with Crippen LogP contribution in [-0.2, 0) is 9.53 Å². The molecule has 10 heavy (non-hydrogen) atoms. The lowest BCUT2D eigenvalue weighted by molar-refractivity contribution is -0.142. The van der Waals surface area contributed by atoms with Gasteiger partial charge in [0.05, 0.1) is 6.67 Å². The molecule has 1 atom stereocenters. The van der Waals surface area contributed by atoms with Crippen LogP contribution in [0.4, 0.5) is 4.39 Å². The Morgan fingerprint density at radius 3 is 2.90 bits per heavy atom. The van der Waals surface area contributed by atoms with E-state index in [4.69, 9.17) is 0 Å². The first-order valence-corrected chi connectivity index (χ1v) is 3.09. The average molecular weight is 146 g/mol. The average Bonchev–Trinajstić information content (AvgIpc) is 1.88. The molecule has 0 heterocycles. The fourth-order valence-corrected chi connectivity index (χ4v) is 0.459. The van der Waals surface area contributed by atoms with Gasteiger partial charge >= 0.3 is 5.97 Å². The summed E-state index contributed by atoms with van der Waals surface area (Å²) in [4.78, 5) is 10.4. The molecule has 0 aromatic rings. The molecule has 0 aliphatic heterocycles. The summed E-state index contributed by atoms with van der Waals surface area (Å²) < 4.78 is 16.2. The Balaban J connectivity index is 3.46. The maximum Gasteiger partial charge on any atom is 0.330 e. The van der Waals surface area contributed by atoms with Crippen LogP contribution >= 0.6 is 0 Å². The largest absolute Gasteiger partial charge is 0.459 e. The third-order valence-corrected chi connectivity index (χ3v) is 1.000. The lowest BCUT2D eigenvalue weighted by atomic mass is 10.3. The fourth-order valence-electron chi connectivity index (χ4n) is 0.459. The second kappa shape index (κ2) is 4.97. The van der Waals surface area contributed by atoms with Gasteiger partial charge in [-0.25, -0.2) is 4.79 Å². The molecular weight excluding hydrogens is 135 g/mol. The summed E-state index contributed by atoms with van der Waals surface area (Å²) in [7, 11) is 0. The van der Waals surface area contributed by atoms with E-state index in [0.29, 0.717) is 0 Å². The van der Waals surface area contributed by atoms with Crippen LogP contribution in [0.15, 0.2) is 12.7 Å². The van der Waals surface area contributed by atoms with Crippen molar-refractivity contribution in [3.8, 4) is 0 Å². The molecule has 0 N–H and O–H groups in total. The van der Waals surface area contributed by atoms with E-state index < -0.39 is 12.6 Å². The lowest BCUT2D eigenvalue weighted by Crippen LogP contribution is -2.13. The molecule has 0 aromatic heterocycles. The van der Waals surface area contributed by atoms with Crippen molar-refractivity contribution in [2.45, 2.75) is 19.4 Å². The van der Waals surface area contributed by atoms with E-state index in [0.717, 1.165) is 6.08 Å². The zero-order valence-electron chi connectivity index (χ0n) is 5.97. The van der Waals surface area contributed by atoms with Gasteiger partial charge in [0.15, 0.2) is 0 Å². The Morgan fingerprint density at radius 1 is 1.90 bits per heavy atom. The lowest BCUT2D eigenvalue weighted by Gasteiger charge is -2.08. The van der Waals surface area contributed by atoms with Gasteiger partial charge in [0, 0.05) is 12.5 Å². The summed E-state index contributed by atoms with van der Waals surface area (Å²) in [6, 6.07) is 0. The van der Waals surface area contributed by atoms with Crippen molar-refractivity contribution in [2.75, 3.05) is 6.67 Å². The molecule has 0 saturated carbocycles. The zero-order chi connectivity index (χ0) is 7.98. The quantitative estimate of drug-likeness (QED) is 0.443. The van der Waals surface area contributed by atoms with Crippen molar-refractivity contribution in [3.05, 3.63) is 12.7 Å². The van der Waals surface area contributed by atoms with Crippen molar-refractivity contribution in [1.29, 1.82) is 0 Å². The Kier molecular flexibility index (Phi) is 4.54. The number of hydrogen-bond acceptors (Lipinski definition) is 2. The van der Waals surface area contributed by atoms with Gasteiger partial charge < -0.3 is 4.74 Å². The van der Waals surface area contributed by atoms with Crippen molar-refractivity contribution in [3.63, 3.8) is 0 Å². The van der Waals surface area contributed by atoms with E-state index in [1.54, 1.807) is 6.92 Å². The predicted octanol–water partition coefficient (Wildman–Crippen LogP) is 1.46. The van der Waals surface area contributed by atoms with E-state index in [2.05, 4.69) is 11.3 Å². The van der Waals surface area contributed by atoms with Gasteiger partial charge in [-0.15, -0.1) is 0 Å². The Labute approximate surface area is 59.7 Å². The minimum Gasteiger partial charge on any atom is -0.459 e. The molecule has 0 rings (SSSR count). The summed E-state index contributed by atoms with van der Waals surface area (Å²) in [6.45, 7) is 4.38.